The molecular weight excluding hydrogens is 324 g/mol. The second-order valence-electron chi connectivity index (χ2n) is 5.83. The number of hydrogen-bond acceptors (Lipinski definition) is 5. The zero-order valence-electron chi connectivity index (χ0n) is 15.4. The number of nitrogens with one attached hydrogen (secondary N) is 1. The van der Waals surface area contributed by atoms with Gasteiger partial charge in [0.2, 0.25) is 5.95 Å². The van der Waals surface area contributed by atoms with Crippen LogP contribution in [0.15, 0.2) is 60.7 Å². The van der Waals surface area contributed by atoms with E-state index in [1.807, 2.05) is 48.5 Å². The molecule has 0 aliphatic carbocycles. The third kappa shape index (κ3) is 4.11. The molecule has 1 N–H and O–H groups in total. The van der Waals surface area contributed by atoms with Crippen LogP contribution in [0.25, 0.3) is 11.3 Å². The minimum Gasteiger partial charge on any atom is -0.497 e. The lowest BCUT2D eigenvalue weighted by Crippen LogP contribution is -2.24. The zero-order valence-corrected chi connectivity index (χ0v) is 15.4. The topological polar surface area (TPSA) is 50.3 Å². The van der Waals surface area contributed by atoms with Crippen LogP contribution in [0.1, 0.15) is 13.8 Å². The van der Waals surface area contributed by atoms with E-state index < -0.39 is 0 Å². The Balaban J connectivity index is 1.98. The zero-order chi connectivity index (χ0) is 18.4. The van der Waals surface area contributed by atoms with E-state index in [9.17, 15) is 0 Å². The Labute approximate surface area is 154 Å². The molecule has 5 heteroatoms. The first-order valence-corrected chi connectivity index (χ1v) is 8.84. The number of rotatable bonds is 7. The van der Waals surface area contributed by atoms with E-state index in [1.54, 1.807) is 7.11 Å². The van der Waals surface area contributed by atoms with Crippen LogP contribution in [0.3, 0.4) is 0 Å². The first-order chi connectivity index (χ1) is 12.7. The Morgan fingerprint density at radius 2 is 1.62 bits per heavy atom. The summed E-state index contributed by atoms with van der Waals surface area (Å²) in [6.07, 6.45) is 0. The highest BCUT2D eigenvalue weighted by molar-refractivity contribution is 5.67. The minimum atomic E-state index is 0.729. The van der Waals surface area contributed by atoms with Gasteiger partial charge in [-0.05, 0) is 38.1 Å². The summed E-state index contributed by atoms with van der Waals surface area (Å²) in [6.45, 7) is 5.94. The molecule has 0 amide bonds. The van der Waals surface area contributed by atoms with Crippen LogP contribution in [0.2, 0.25) is 0 Å². The Hall–Kier alpha value is -3.08. The molecule has 0 unspecified atom stereocenters. The number of methoxy groups -OCH3 is 1. The fraction of sp³-hybridized carbons (Fsp3) is 0.238. The normalized spacial score (nSPS) is 10.4. The summed E-state index contributed by atoms with van der Waals surface area (Å²) in [5, 5.41) is 3.38. The third-order valence-electron chi connectivity index (χ3n) is 4.19. The van der Waals surface area contributed by atoms with Crippen molar-refractivity contribution < 1.29 is 4.74 Å². The van der Waals surface area contributed by atoms with Gasteiger partial charge in [0, 0.05) is 30.4 Å². The lowest BCUT2D eigenvalue weighted by molar-refractivity contribution is 0.415. The second-order valence-corrected chi connectivity index (χ2v) is 5.83. The highest BCUT2D eigenvalue weighted by atomic mass is 16.5. The first-order valence-electron chi connectivity index (χ1n) is 8.84. The predicted molar refractivity (Wildman–Crippen MR) is 107 cm³/mol. The SMILES string of the molecule is CCN(CC)c1nc(Nc2ccc(OC)cc2)cc(-c2ccccc2)n1. The maximum atomic E-state index is 5.22. The molecule has 5 nitrogen and oxygen atoms in total. The Bertz CT molecular complexity index is 830. The molecule has 0 atom stereocenters. The molecule has 0 spiro atoms. The van der Waals surface area contributed by atoms with Gasteiger partial charge in [-0.2, -0.15) is 4.98 Å². The van der Waals surface area contributed by atoms with Crippen molar-refractivity contribution in [1.29, 1.82) is 0 Å². The standard InChI is InChI=1S/C21H24N4O/c1-4-25(5-2)21-23-19(16-9-7-6-8-10-16)15-20(24-21)22-17-11-13-18(26-3)14-12-17/h6-15H,4-5H2,1-3H3,(H,22,23,24). The number of nitrogens with zero attached hydrogens (tertiary/aromatic N) is 3. The van der Waals surface area contributed by atoms with E-state index >= 15 is 0 Å². The number of anilines is 3. The summed E-state index contributed by atoms with van der Waals surface area (Å²) in [7, 11) is 1.66. The molecule has 3 aromatic rings. The van der Waals surface area contributed by atoms with Crippen LogP contribution in [0, 0.1) is 0 Å². The average molecular weight is 348 g/mol. The van der Waals surface area contributed by atoms with Gasteiger partial charge in [0.1, 0.15) is 11.6 Å². The van der Waals surface area contributed by atoms with E-state index in [-0.39, 0.29) is 0 Å². The van der Waals surface area contributed by atoms with Gasteiger partial charge in [0.05, 0.1) is 12.8 Å². The van der Waals surface area contributed by atoms with Gasteiger partial charge in [-0.3, -0.25) is 0 Å². The van der Waals surface area contributed by atoms with Crippen molar-refractivity contribution in [3.05, 3.63) is 60.7 Å². The van der Waals surface area contributed by atoms with Crippen molar-refractivity contribution in [2.24, 2.45) is 0 Å². The van der Waals surface area contributed by atoms with Crippen LogP contribution >= 0.6 is 0 Å². The van der Waals surface area contributed by atoms with Crippen molar-refractivity contribution in [3.63, 3.8) is 0 Å². The fourth-order valence-electron chi connectivity index (χ4n) is 2.73. The quantitative estimate of drug-likeness (QED) is 0.668. The molecule has 1 heterocycles. The molecule has 2 aromatic carbocycles. The number of aromatic nitrogens is 2. The van der Waals surface area contributed by atoms with Gasteiger partial charge in [-0.15, -0.1) is 0 Å². The van der Waals surface area contributed by atoms with Crippen molar-refractivity contribution in [2.75, 3.05) is 30.4 Å². The molecule has 0 radical (unpaired) electrons. The molecular formula is C21H24N4O. The highest BCUT2D eigenvalue weighted by Crippen LogP contribution is 2.25. The number of ether oxygens (including phenoxy) is 1. The Kier molecular flexibility index (Phi) is 5.69. The highest BCUT2D eigenvalue weighted by Gasteiger charge is 2.11. The molecule has 0 bridgehead atoms. The molecule has 0 aliphatic heterocycles. The molecule has 1 aromatic heterocycles. The average Bonchev–Trinajstić information content (AvgIpc) is 2.70. The van der Waals surface area contributed by atoms with E-state index in [0.29, 0.717) is 0 Å². The van der Waals surface area contributed by atoms with Crippen molar-refractivity contribution in [1.82, 2.24) is 9.97 Å². The van der Waals surface area contributed by atoms with E-state index in [2.05, 4.69) is 36.2 Å². The Morgan fingerprint density at radius 3 is 2.23 bits per heavy atom. The first kappa shape index (κ1) is 17.7. The van der Waals surface area contributed by atoms with Crippen molar-refractivity contribution >= 4 is 17.5 Å². The van der Waals surface area contributed by atoms with Crippen molar-refractivity contribution in [3.8, 4) is 17.0 Å². The number of hydrogen-bond donors (Lipinski definition) is 1. The summed E-state index contributed by atoms with van der Waals surface area (Å²) in [4.78, 5) is 11.6. The van der Waals surface area contributed by atoms with Crippen molar-refractivity contribution in [2.45, 2.75) is 13.8 Å². The number of benzene rings is 2. The van der Waals surface area contributed by atoms with Crippen LogP contribution < -0.4 is 15.0 Å². The monoisotopic (exact) mass is 348 g/mol. The summed E-state index contributed by atoms with van der Waals surface area (Å²) < 4.78 is 5.22. The van der Waals surface area contributed by atoms with Gasteiger partial charge in [-0.25, -0.2) is 4.98 Å². The predicted octanol–water partition coefficient (Wildman–Crippen LogP) is 4.74. The van der Waals surface area contributed by atoms with Gasteiger partial charge < -0.3 is 15.0 Å². The summed E-state index contributed by atoms with van der Waals surface area (Å²) in [6, 6.07) is 19.9. The van der Waals surface area contributed by atoms with Gasteiger partial charge in [0.15, 0.2) is 0 Å². The van der Waals surface area contributed by atoms with E-state index in [1.165, 1.54) is 0 Å². The molecule has 0 fully saturated rings. The largest absolute Gasteiger partial charge is 0.497 e. The molecule has 134 valence electrons. The maximum Gasteiger partial charge on any atom is 0.227 e. The van der Waals surface area contributed by atoms with Crippen LogP contribution in [-0.4, -0.2) is 30.2 Å². The molecule has 0 saturated carbocycles. The van der Waals surface area contributed by atoms with Gasteiger partial charge in [0.25, 0.3) is 0 Å². The van der Waals surface area contributed by atoms with Crippen LogP contribution in [-0.2, 0) is 0 Å². The molecule has 3 rings (SSSR count). The summed E-state index contributed by atoms with van der Waals surface area (Å²) in [5.74, 6) is 2.32. The minimum absolute atomic E-state index is 0.729. The fourth-order valence-corrected chi connectivity index (χ4v) is 2.73. The van der Waals surface area contributed by atoms with E-state index in [0.717, 1.165) is 47.5 Å². The smallest absolute Gasteiger partial charge is 0.227 e. The van der Waals surface area contributed by atoms with Gasteiger partial charge >= 0.3 is 0 Å². The lowest BCUT2D eigenvalue weighted by Gasteiger charge is -2.20. The summed E-state index contributed by atoms with van der Waals surface area (Å²) >= 11 is 0. The Morgan fingerprint density at radius 1 is 0.923 bits per heavy atom. The third-order valence-corrected chi connectivity index (χ3v) is 4.19. The second kappa shape index (κ2) is 8.34. The molecule has 0 aliphatic rings. The molecule has 0 saturated heterocycles. The molecule has 26 heavy (non-hydrogen) atoms. The maximum absolute atomic E-state index is 5.22. The van der Waals surface area contributed by atoms with E-state index in [4.69, 9.17) is 14.7 Å². The summed E-state index contributed by atoms with van der Waals surface area (Å²) in [5.41, 5.74) is 2.92. The van der Waals surface area contributed by atoms with Crippen LogP contribution in [0.5, 0.6) is 5.75 Å². The lowest BCUT2D eigenvalue weighted by atomic mass is 10.1. The van der Waals surface area contributed by atoms with Crippen LogP contribution in [0.4, 0.5) is 17.5 Å². The van der Waals surface area contributed by atoms with Gasteiger partial charge in [-0.1, -0.05) is 30.3 Å².